The van der Waals surface area contributed by atoms with E-state index < -0.39 is 17.5 Å². The second kappa shape index (κ2) is 1.87. The molecule has 0 saturated heterocycles. The minimum Gasteiger partial charge on any atom is -0.462 e. The fourth-order valence-electron chi connectivity index (χ4n) is 0.411. The van der Waals surface area contributed by atoms with Crippen LogP contribution in [0.4, 0.5) is 4.79 Å². The Kier molecular flexibility index (Phi) is 1.18. The molecule has 0 atom stereocenters. The molecule has 0 spiro atoms. The van der Waals surface area contributed by atoms with Crippen molar-refractivity contribution in [2.75, 3.05) is 0 Å². The van der Waals surface area contributed by atoms with Crippen molar-refractivity contribution in [1.29, 1.82) is 0 Å². The molecule has 0 aliphatic rings. The number of carboxylic acid groups (broad SMARTS) is 1. The molecule has 7 nitrogen and oxygen atoms in total. The van der Waals surface area contributed by atoms with Gasteiger partial charge in [0.1, 0.15) is 0 Å². The van der Waals surface area contributed by atoms with Gasteiger partial charge in [-0.1, -0.05) is 0 Å². The molecule has 0 unspecified atom stereocenters. The van der Waals surface area contributed by atoms with E-state index in [1.54, 1.807) is 4.98 Å². The molecule has 1 aromatic heterocycles. The number of aromatic amines is 1. The van der Waals surface area contributed by atoms with E-state index in [1.165, 1.54) is 0 Å². The molecule has 54 valence electrons. The summed E-state index contributed by atoms with van der Waals surface area (Å²) in [4.78, 5) is 32.0. The Morgan fingerprint density at radius 1 is 1.60 bits per heavy atom. The third-order valence-corrected chi connectivity index (χ3v) is 0.741. The number of hydrogen-bond donors (Lipinski definition) is 2. The first-order valence-electron chi connectivity index (χ1n) is 2.17. The maximum absolute atomic E-state index is 10.3. The van der Waals surface area contributed by atoms with Gasteiger partial charge in [-0.05, 0) is 4.74 Å². The summed E-state index contributed by atoms with van der Waals surface area (Å²) in [7, 11) is 0. The van der Waals surface area contributed by atoms with Gasteiger partial charge in [-0.2, -0.15) is 0 Å². The Balaban J connectivity index is 3.43. The van der Waals surface area contributed by atoms with E-state index in [0.717, 1.165) is 0 Å². The first-order valence-corrected chi connectivity index (χ1v) is 2.17. The molecular weight excluding hydrogens is 144 g/mol. The van der Waals surface area contributed by atoms with E-state index in [0.29, 0.717) is 0 Å². The van der Waals surface area contributed by atoms with Crippen LogP contribution < -0.4 is 11.4 Å². The highest BCUT2D eigenvalue weighted by molar-refractivity contribution is 5.65. The van der Waals surface area contributed by atoms with Gasteiger partial charge in [-0.25, -0.2) is 19.4 Å². The Hall–Kier alpha value is -1.79. The lowest BCUT2D eigenvalue weighted by molar-refractivity contribution is 0.158. The average Bonchev–Trinajstić information content (AvgIpc) is 2.10. The second-order valence-electron chi connectivity index (χ2n) is 1.39. The minimum atomic E-state index is -1.64. The van der Waals surface area contributed by atoms with E-state index in [1.807, 2.05) is 0 Å². The van der Waals surface area contributed by atoms with Crippen LogP contribution in [0, 0.1) is 0 Å². The number of nitrogens with zero attached hydrogens (tertiary/aromatic N) is 1. The highest BCUT2D eigenvalue weighted by Crippen LogP contribution is 1.69. The molecule has 0 aliphatic heterocycles. The molecule has 1 heterocycles. The maximum atomic E-state index is 10.3. The van der Waals surface area contributed by atoms with Crippen molar-refractivity contribution in [2.45, 2.75) is 0 Å². The molecular formula is C3H2N2O5. The molecule has 0 fully saturated rings. The van der Waals surface area contributed by atoms with Gasteiger partial charge in [0, 0.05) is 0 Å². The van der Waals surface area contributed by atoms with E-state index >= 15 is 0 Å². The lowest BCUT2D eigenvalue weighted by Gasteiger charge is -1.81. The summed E-state index contributed by atoms with van der Waals surface area (Å²) in [5.41, 5.74) is -1.10. The summed E-state index contributed by atoms with van der Waals surface area (Å²) >= 11 is 0. The maximum Gasteiger partial charge on any atom is 0.450 e. The molecule has 0 amide bonds. The van der Waals surface area contributed by atoms with Crippen LogP contribution in [-0.2, 0) is 0 Å². The molecule has 2 N–H and O–H groups in total. The largest absolute Gasteiger partial charge is 0.462 e. The van der Waals surface area contributed by atoms with Crippen LogP contribution in [0.15, 0.2) is 14.1 Å². The minimum absolute atomic E-state index is 0.0949. The van der Waals surface area contributed by atoms with Crippen molar-refractivity contribution in [3.63, 3.8) is 0 Å². The third kappa shape index (κ3) is 0.835. The highest BCUT2D eigenvalue weighted by atomic mass is 16.6. The van der Waals surface area contributed by atoms with Crippen LogP contribution in [0.1, 0.15) is 0 Å². The van der Waals surface area contributed by atoms with Gasteiger partial charge in [-0.3, -0.25) is 0 Å². The van der Waals surface area contributed by atoms with E-state index in [4.69, 9.17) is 5.11 Å². The summed E-state index contributed by atoms with van der Waals surface area (Å²) in [5, 5.41) is 8.09. The normalized spacial score (nSPS) is 9.60. The number of hydrogen-bond acceptors (Lipinski definition) is 4. The summed E-state index contributed by atoms with van der Waals surface area (Å²) < 4.78 is 3.77. The highest BCUT2D eigenvalue weighted by Gasteiger charge is 2.08. The number of carbonyl (C=O) groups is 1. The number of aromatic nitrogens is 2. The zero-order chi connectivity index (χ0) is 7.72. The Morgan fingerprint density at radius 2 is 2.20 bits per heavy atom. The smallest absolute Gasteiger partial charge is 0.450 e. The zero-order valence-corrected chi connectivity index (χ0v) is 4.53. The SMILES string of the molecule is O=C(O)n1oc(=O)[nH]c1=O. The number of nitrogens with one attached hydrogen (secondary N) is 1. The van der Waals surface area contributed by atoms with Crippen molar-refractivity contribution in [3.8, 4) is 0 Å². The molecule has 0 saturated carbocycles. The average molecular weight is 146 g/mol. The van der Waals surface area contributed by atoms with E-state index in [2.05, 4.69) is 4.52 Å². The second-order valence-corrected chi connectivity index (χ2v) is 1.39. The topological polar surface area (TPSA) is 105 Å². The predicted molar refractivity (Wildman–Crippen MR) is 27.0 cm³/mol. The van der Waals surface area contributed by atoms with Gasteiger partial charge in [0.15, 0.2) is 0 Å². The van der Waals surface area contributed by atoms with E-state index in [9.17, 15) is 14.4 Å². The molecule has 1 rings (SSSR count). The summed E-state index contributed by atoms with van der Waals surface area (Å²) in [5.74, 6) is -1.09. The standard InChI is InChI=1S/C3H2N2O5/c6-1-4-2(7)10-5(1)3(8)9/h(H,8,9)(H,4,6,7). The lowest BCUT2D eigenvalue weighted by Crippen LogP contribution is -2.22. The first-order chi connectivity index (χ1) is 4.61. The van der Waals surface area contributed by atoms with Crippen LogP contribution in [0.25, 0.3) is 0 Å². The summed E-state index contributed by atoms with van der Waals surface area (Å²) in [6, 6.07) is 0. The van der Waals surface area contributed by atoms with Crippen molar-refractivity contribution in [3.05, 3.63) is 21.0 Å². The number of H-pyrrole nitrogens is 1. The fourth-order valence-corrected chi connectivity index (χ4v) is 0.411. The third-order valence-electron chi connectivity index (χ3n) is 0.741. The van der Waals surface area contributed by atoms with Crippen LogP contribution >= 0.6 is 0 Å². The molecule has 0 bridgehead atoms. The molecule has 0 radical (unpaired) electrons. The Bertz CT molecular complexity index is 353. The van der Waals surface area contributed by atoms with Gasteiger partial charge in [-0.15, -0.1) is 0 Å². The van der Waals surface area contributed by atoms with Crippen molar-refractivity contribution < 1.29 is 14.4 Å². The molecule has 1 aromatic rings. The van der Waals surface area contributed by atoms with Crippen molar-refractivity contribution >= 4 is 6.09 Å². The quantitative estimate of drug-likeness (QED) is 0.471. The monoisotopic (exact) mass is 146 g/mol. The van der Waals surface area contributed by atoms with Crippen LogP contribution in [-0.4, -0.2) is 20.9 Å². The fraction of sp³-hybridized carbons (Fsp3) is 0. The van der Waals surface area contributed by atoms with Crippen LogP contribution in [0.2, 0.25) is 0 Å². The Morgan fingerprint density at radius 3 is 2.40 bits per heavy atom. The molecule has 0 aromatic carbocycles. The lowest BCUT2D eigenvalue weighted by atomic mass is 11.1. The first kappa shape index (κ1) is 6.33. The van der Waals surface area contributed by atoms with Crippen molar-refractivity contribution in [2.24, 2.45) is 0 Å². The van der Waals surface area contributed by atoms with Crippen LogP contribution in [0.3, 0.4) is 0 Å². The van der Waals surface area contributed by atoms with E-state index in [-0.39, 0.29) is 4.74 Å². The molecule has 7 heteroatoms. The molecule has 10 heavy (non-hydrogen) atoms. The van der Waals surface area contributed by atoms with Gasteiger partial charge in [0.05, 0.1) is 0 Å². The van der Waals surface area contributed by atoms with Gasteiger partial charge >= 0.3 is 17.5 Å². The van der Waals surface area contributed by atoms with Gasteiger partial charge < -0.3 is 9.63 Å². The van der Waals surface area contributed by atoms with Gasteiger partial charge in [0.2, 0.25) is 0 Å². The molecule has 0 aliphatic carbocycles. The summed E-state index contributed by atoms with van der Waals surface area (Å²) in [6.45, 7) is 0. The number of rotatable bonds is 0. The van der Waals surface area contributed by atoms with Crippen molar-refractivity contribution in [1.82, 2.24) is 9.72 Å². The van der Waals surface area contributed by atoms with Crippen LogP contribution in [0.5, 0.6) is 0 Å². The summed E-state index contributed by atoms with van der Waals surface area (Å²) in [6.07, 6.45) is -1.64. The van der Waals surface area contributed by atoms with Gasteiger partial charge in [0.25, 0.3) is 0 Å². The Labute approximate surface area is 52.5 Å². The predicted octanol–water partition coefficient (Wildman–Crippen LogP) is -1.34. The zero-order valence-electron chi connectivity index (χ0n) is 4.53.